The summed E-state index contributed by atoms with van der Waals surface area (Å²) >= 11 is 0. The number of fused-ring (bicyclic) bond motifs is 1. The summed E-state index contributed by atoms with van der Waals surface area (Å²) < 4.78 is 43.4. The highest BCUT2D eigenvalue weighted by atomic mass is 19.1. The molecule has 3 N–H and O–H groups in total. The van der Waals surface area contributed by atoms with Gasteiger partial charge < -0.3 is 33.7 Å². The summed E-state index contributed by atoms with van der Waals surface area (Å²) in [5.74, 6) is 0.0122. The zero-order chi connectivity index (χ0) is 43.8. The first-order valence-electron chi connectivity index (χ1n) is 20.5. The molecule has 14 heteroatoms. The number of halogens is 1. The first kappa shape index (κ1) is 44.7. The number of amides is 1. The van der Waals surface area contributed by atoms with E-state index in [4.69, 9.17) is 25.4 Å². The summed E-state index contributed by atoms with van der Waals surface area (Å²) in [6.45, 7) is 7.00. The van der Waals surface area contributed by atoms with Crippen LogP contribution in [0.1, 0.15) is 89.0 Å². The Hall–Kier alpha value is -5.88. The summed E-state index contributed by atoms with van der Waals surface area (Å²) in [6, 6.07) is 25.5. The molecule has 1 fully saturated rings. The fourth-order valence-electron chi connectivity index (χ4n) is 8.25. The number of alkyl halides is 1. The van der Waals surface area contributed by atoms with Crippen LogP contribution in [0.25, 0.3) is 11.2 Å². The van der Waals surface area contributed by atoms with Crippen molar-refractivity contribution in [2.24, 2.45) is 5.92 Å². The molecular weight excluding hydrogens is 782 g/mol. The van der Waals surface area contributed by atoms with E-state index < -0.39 is 59.0 Å². The van der Waals surface area contributed by atoms with Crippen LogP contribution in [0.3, 0.4) is 0 Å². The summed E-state index contributed by atoms with van der Waals surface area (Å²) in [4.78, 5) is 39.1. The van der Waals surface area contributed by atoms with E-state index in [1.807, 2.05) is 91.9 Å². The third kappa shape index (κ3) is 9.54. The zero-order valence-corrected chi connectivity index (χ0v) is 35.2. The number of carbonyl (C=O) groups excluding carboxylic acids is 1. The highest BCUT2D eigenvalue weighted by Crippen LogP contribution is 2.47. The van der Waals surface area contributed by atoms with Crippen LogP contribution < -0.4 is 10.1 Å². The number of hydrogen-bond donors (Lipinski definition) is 3. The van der Waals surface area contributed by atoms with Crippen LogP contribution >= 0.6 is 0 Å². The van der Waals surface area contributed by atoms with Crippen LogP contribution in [0.4, 0.5) is 15.0 Å². The topological polar surface area (TPSA) is 167 Å². The number of benzene rings is 3. The maximum Gasteiger partial charge on any atom is 0.413 e. The van der Waals surface area contributed by atoms with Crippen molar-refractivity contribution >= 4 is 29.0 Å². The lowest BCUT2D eigenvalue weighted by Gasteiger charge is -2.41. The molecule has 0 bridgehead atoms. The van der Waals surface area contributed by atoms with E-state index >= 15 is 4.39 Å². The minimum absolute atomic E-state index is 0.0190. The zero-order valence-electron chi connectivity index (χ0n) is 35.2. The molecule has 5 atom stereocenters. The predicted octanol–water partition coefficient (Wildman–Crippen LogP) is 8.26. The number of nitrogens with zero attached hydrogens (tertiary/aromatic N) is 4. The molecule has 3 heterocycles. The number of unbranched alkanes of at least 4 members (excludes halogenated alkanes) is 2. The van der Waals surface area contributed by atoms with Gasteiger partial charge in [0.25, 0.3) is 0 Å². The third-order valence-electron chi connectivity index (χ3n) is 11.2. The van der Waals surface area contributed by atoms with Crippen LogP contribution in [-0.2, 0) is 24.6 Å². The standard InChI is InChI=1S/C47H54FN5O8/c1-7-9-12-21-38(53-31-51-39-40(49-30-50-41(39)53)52-43(56)61-44(3,4)5)45(57,8-2)29-46(48,42(54)55)36-26-27-59-37(36)28-60-47(32-17-13-10-14-18-32,33-19-15-11-16-20-33)34-22-24-35(58-6)25-23-34/h2,10-11,13-20,22-25,30-31,36-38,57H,7,9,12,21,26-29H2,1,3-6H3,(H,54,55)(H,49,50,52,56)/t36?,37?,38-,45?,46?/m1/s1. The van der Waals surface area contributed by atoms with Crippen LogP contribution in [0.15, 0.2) is 97.6 Å². The van der Waals surface area contributed by atoms with Gasteiger partial charge in [-0.15, -0.1) is 6.42 Å². The van der Waals surface area contributed by atoms with Crippen molar-refractivity contribution in [2.75, 3.05) is 25.6 Å². The molecule has 0 saturated carbocycles. The molecule has 2 aromatic heterocycles. The number of nitrogens with one attached hydrogen (secondary N) is 1. The number of aromatic nitrogens is 4. The van der Waals surface area contributed by atoms with Gasteiger partial charge in [0, 0.05) is 18.9 Å². The second kappa shape index (κ2) is 18.8. The van der Waals surface area contributed by atoms with Gasteiger partial charge in [0.05, 0.1) is 32.2 Å². The number of imidazole rings is 1. The number of aliphatic carboxylic acids is 1. The Kier molecular flexibility index (Phi) is 13.8. The summed E-state index contributed by atoms with van der Waals surface area (Å²) in [6.07, 6.45) is 8.27. The fourth-order valence-corrected chi connectivity index (χ4v) is 8.25. The lowest BCUT2D eigenvalue weighted by atomic mass is 9.73. The maximum absolute atomic E-state index is 18.0. The molecule has 1 aliphatic heterocycles. The highest BCUT2D eigenvalue weighted by molar-refractivity contribution is 5.93. The number of ether oxygens (including phenoxy) is 4. The van der Waals surface area contributed by atoms with Crippen LogP contribution in [-0.4, -0.2) is 85.1 Å². The van der Waals surface area contributed by atoms with E-state index in [0.29, 0.717) is 12.2 Å². The molecule has 1 saturated heterocycles. The minimum Gasteiger partial charge on any atom is -0.497 e. The summed E-state index contributed by atoms with van der Waals surface area (Å²) in [7, 11) is 1.58. The number of carboxylic acids is 1. The Morgan fingerprint density at radius 3 is 2.20 bits per heavy atom. The molecule has 61 heavy (non-hydrogen) atoms. The Bertz CT molecular complexity index is 2260. The first-order chi connectivity index (χ1) is 29.2. The average Bonchev–Trinajstić information content (AvgIpc) is 3.91. The van der Waals surface area contributed by atoms with Gasteiger partial charge in [0.2, 0.25) is 5.67 Å². The molecule has 6 rings (SSSR count). The van der Waals surface area contributed by atoms with Gasteiger partial charge in [0.1, 0.15) is 28.9 Å². The number of anilines is 1. The lowest BCUT2D eigenvalue weighted by molar-refractivity contribution is -0.166. The SMILES string of the molecule is C#CC(O)(CC(F)(C(=O)O)C1CCOC1COC(c1ccccc1)(c1ccccc1)c1ccc(OC)cc1)[C@@H](CCCCC)n1cnc2c(NC(=O)OC(C)(C)C)ncnc21. The van der Waals surface area contributed by atoms with Crippen molar-refractivity contribution in [3.05, 3.63) is 114 Å². The normalized spacial score (nSPS) is 18.1. The molecule has 0 aliphatic carbocycles. The molecular formula is C47H54FN5O8. The first-order valence-corrected chi connectivity index (χ1v) is 20.5. The van der Waals surface area contributed by atoms with Gasteiger partial charge in [-0.2, -0.15) is 0 Å². The molecule has 1 amide bonds. The third-order valence-corrected chi connectivity index (χ3v) is 11.2. The Morgan fingerprint density at radius 1 is 0.984 bits per heavy atom. The monoisotopic (exact) mass is 835 g/mol. The average molecular weight is 836 g/mol. The number of hydrogen-bond acceptors (Lipinski definition) is 10. The largest absolute Gasteiger partial charge is 0.497 e. The van der Waals surface area contributed by atoms with Gasteiger partial charge in [-0.3, -0.25) is 5.32 Å². The lowest BCUT2D eigenvalue weighted by Crippen LogP contribution is -2.54. The predicted molar refractivity (Wildman–Crippen MR) is 228 cm³/mol. The van der Waals surface area contributed by atoms with Crippen molar-refractivity contribution in [2.45, 2.75) is 101 Å². The minimum atomic E-state index is -3.09. The van der Waals surface area contributed by atoms with Crippen molar-refractivity contribution in [3.8, 4) is 18.1 Å². The molecule has 4 unspecified atom stereocenters. The Balaban J connectivity index is 1.36. The smallest absolute Gasteiger partial charge is 0.413 e. The quantitative estimate of drug-likeness (QED) is 0.0442. The van der Waals surface area contributed by atoms with Gasteiger partial charge in [-0.25, -0.2) is 28.9 Å². The highest BCUT2D eigenvalue weighted by Gasteiger charge is 2.58. The molecule has 5 aromatic rings. The van der Waals surface area contributed by atoms with Crippen LogP contribution in [0.5, 0.6) is 5.75 Å². The molecule has 3 aromatic carbocycles. The van der Waals surface area contributed by atoms with Gasteiger partial charge in [0.15, 0.2) is 17.0 Å². The van der Waals surface area contributed by atoms with E-state index in [-0.39, 0.29) is 43.0 Å². The van der Waals surface area contributed by atoms with E-state index in [0.717, 1.165) is 29.5 Å². The molecule has 0 radical (unpaired) electrons. The number of carbonyl (C=O) groups is 2. The molecule has 0 spiro atoms. The fraction of sp³-hybridized carbons (Fsp3) is 0.426. The van der Waals surface area contributed by atoms with Crippen molar-refractivity contribution < 1.29 is 43.1 Å². The van der Waals surface area contributed by atoms with Crippen LogP contribution in [0.2, 0.25) is 0 Å². The van der Waals surface area contributed by atoms with E-state index in [1.54, 1.807) is 27.9 Å². The molecule has 322 valence electrons. The number of methoxy groups -OCH3 is 1. The summed E-state index contributed by atoms with van der Waals surface area (Å²) in [5, 5.41) is 25.9. The number of rotatable bonds is 18. The van der Waals surface area contributed by atoms with Gasteiger partial charge in [-0.05, 0) is 62.4 Å². The second-order valence-corrected chi connectivity index (χ2v) is 16.4. The maximum atomic E-state index is 18.0. The molecule has 13 nitrogen and oxygen atoms in total. The number of aliphatic hydroxyl groups is 1. The Labute approximate surface area is 355 Å². The van der Waals surface area contributed by atoms with E-state index in [9.17, 15) is 19.8 Å². The number of terminal acetylenes is 1. The second-order valence-electron chi connectivity index (χ2n) is 16.4. The van der Waals surface area contributed by atoms with Crippen LogP contribution in [0, 0.1) is 18.3 Å². The molecule has 1 aliphatic rings. The van der Waals surface area contributed by atoms with Crippen molar-refractivity contribution in [1.82, 2.24) is 19.5 Å². The van der Waals surface area contributed by atoms with Crippen molar-refractivity contribution in [3.63, 3.8) is 0 Å². The van der Waals surface area contributed by atoms with E-state index in [2.05, 4.69) is 26.2 Å². The van der Waals surface area contributed by atoms with Gasteiger partial charge in [-0.1, -0.05) is 105 Å². The number of carboxylic acid groups (broad SMARTS) is 1. The van der Waals surface area contributed by atoms with Crippen molar-refractivity contribution in [1.29, 1.82) is 0 Å². The van der Waals surface area contributed by atoms with E-state index in [1.165, 1.54) is 17.2 Å². The Morgan fingerprint density at radius 2 is 1.62 bits per heavy atom. The van der Waals surface area contributed by atoms with Gasteiger partial charge >= 0.3 is 12.1 Å². The summed E-state index contributed by atoms with van der Waals surface area (Å²) in [5.41, 5.74) is -4.84.